The van der Waals surface area contributed by atoms with Crippen molar-refractivity contribution in [3.8, 4) is 0 Å². The van der Waals surface area contributed by atoms with E-state index in [2.05, 4.69) is 15.4 Å². The molecule has 0 radical (unpaired) electrons. The number of nitro groups is 1. The van der Waals surface area contributed by atoms with Gasteiger partial charge in [-0.05, 0) is 29.8 Å². The molecule has 0 aliphatic carbocycles. The Morgan fingerprint density at radius 1 is 1.12 bits per heavy atom. The molecule has 0 unspecified atom stereocenters. The van der Waals surface area contributed by atoms with Crippen LogP contribution in [0.5, 0.6) is 0 Å². The van der Waals surface area contributed by atoms with Gasteiger partial charge in [-0.15, -0.1) is 0 Å². The minimum Gasteiger partial charge on any atom is -0.378 e. The molecule has 1 amide bonds. The quantitative estimate of drug-likeness (QED) is 0.504. The van der Waals surface area contributed by atoms with E-state index >= 15 is 0 Å². The molecule has 8 heteroatoms. The van der Waals surface area contributed by atoms with E-state index in [1.165, 1.54) is 24.3 Å². The maximum atomic E-state index is 12.0. The summed E-state index contributed by atoms with van der Waals surface area (Å²) >= 11 is 0. The summed E-state index contributed by atoms with van der Waals surface area (Å²) in [7, 11) is 0. The van der Waals surface area contributed by atoms with Gasteiger partial charge in [0.1, 0.15) is 0 Å². The highest BCUT2D eigenvalue weighted by Gasteiger charge is 2.11. The average molecular weight is 354 g/mol. The lowest BCUT2D eigenvalue weighted by Gasteiger charge is -2.28. The van der Waals surface area contributed by atoms with Gasteiger partial charge in [-0.2, -0.15) is 5.10 Å². The lowest BCUT2D eigenvalue weighted by Crippen LogP contribution is -2.36. The second-order valence-corrected chi connectivity index (χ2v) is 5.69. The smallest absolute Gasteiger partial charge is 0.271 e. The summed E-state index contributed by atoms with van der Waals surface area (Å²) in [5.41, 5.74) is 4.62. The number of hydrogen-bond donors (Lipinski definition) is 1. The second kappa shape index (κ2) is 8.21. The van der Waals surface area contributed by atoms with Crippen molar-refractivity contribution in [2.45, 2.75) is 0 Å². The minimum absolute atomic E-state index is 0.0644. The van der Waals surface area contributed by atoms with E-state index in [0.717, 1.165) is 37.6 Å². The zero-order valence-electron chi connectivity index (χ0n) is 14.0. The number of rotatable bonds is 5. The van der Waals surface area contributed by atoms with Crippen LogP contribution >= 0.6 is 0 Å². The van der Waals surface area contributed by atoms with Gasteiger partial charge < -0.3 is 9.64 Å². The van der Waals surface area contributed by atoms with Crippen LogP contribution in [0, 0.1) is 10.1 Å². The summed E-state index contributed by atoms with van der Waals surface area (Å²) in [5, 5.41) is 14.5. The Balaban J connectivity index is 1.55. The van der Waals surface area contributed by atoms with Crippen molar-refractivity contribution in [2.24, 2.45) is 5.10 Å². The number of nitro benzene ring substituents is 1. The van der Waals surface area contributed by atoms with Crippen molar-refractivity contribution < 1.29 is 14.5 Å². The zero-order valence-corrected chi connectivity index (χ0v) is 14.0. The van der Waals surface area contributed by atoms with Crippen molar-refractivity contribution >= 4 is 23.5 Å². The molecule has 0 saturated carbocycles. The maximum absolute atomic E-state index is 12.0. The summed E-state index contributed by atoms with van der Waals surface area (Å²) in [4.78, 5) is 24.3. The lowest BCUT2D eigenvalue weighted by molar-refractivity contribution is -0.384. The Kier molecular flexibility index (Phi) is 5.55. The standard InChI is InChI=1S/C18H18N4O4/c23-18(15-3-7-17(8-4-15)22(24)25)20-19-13-14-1-5-16(6-2-14)21-9-11-26-12-10-21/h1-8,13H,9-12H2,(H,20,23)/b19-13-. The number of ether oxygens (including phenoxy) is 1. The van der Waals surface area contributed by atoms with Gasteiger partial charge in [0.15, 0.2) is 0 Å². The molecule has 134 valence electrons. The number of carbonyl (C=O) groups is 1. The molecule has 0 aromatic heterocycles. The molecule has 1 fully saturated rings. The molecule has 1 aliphatic heterocycles. The third kappa shape index (κ3) is 4.42. The van der Waals surface area contributed by atoms with E-state index in [9.17, 15) is 14.9 Å². The molecule has 26 heavy (non-hydrogen) atoms. The Bertz CT molecular complexity index is 797. The van der Waals surface area contributed by atoms with E-state index in [-0.39, 0.29) is 5.69 Å². The first kappa shape index (κ1) is 17.6. The predicted octanol–water partition coefficient (Wildman–Crippen LogP) is 2.20. The van der Waals surface area contributed by atoms with Crippen LogP contribution < -0.4 is 10.3 Å². The number of morpholine rings is 1. The fourth-order valence-corrected chi connectivity index (χ4v) is 2.56. The maximum Gasteiger partial charge on any atom is 0.271 e. The highest BCUT2D eigenvalue weighted by Crippen LogP contribution is 2.16. The number of hydrogen-bond acceptors (Lipinski definition) is 6. The molecule has 0 bridgehead atoms. The van der Waals surface area contributed by atoms with Crippen LogP contribution in [0.4, 0.5) is 11.4 Å². The number of amides is 1. The highest BCUT2D eigenvalue weighted by atomic mass is 16.6. The molecule has 1 saturated heterocycles. The molecule has 3 rings (SSSR count). The first-order valence-corrected chi connectivity index (χ1v) is 8.14. The Morgan fingerprint density at radius 2 is 1.77 bits per heavy atom. The van der Waals surface area contributed by atoms with E-state index in [4.69, 9.17) is 4.74 Å². The van der Waals surface area contributed by atoms with E-state index in [0.29, 0.717) is 5.56 Å². The van der Waals surface area contributed by atoms with E-state index in [1.807, 2.05) is 24.3 Å². The molecule has 1 aliphatic rings. The summed E-state index contributed by atoms with van der Waals surface area (Å²) in [6.45, 7) is 3.22. The van der Waals surface area contributed by atoms with Gasteiger partial charge in [-0.25, -0.2) is 5.43 Å². The molecule has 0 spiro atoms. The summed E-state index contributed by atoms with van der Waals surface area (Å²) < 4.78 is 5.34. The van der Waals surface area contributed by atoms with Crippen molar-refractivity contribution in [2.75, 3.05) is 31.2 Å². The number of non-ortho nitro benzene ring substituents is 1. The Labute approximate surface area is 150 Å². The van der Waals surface area contributed by atoms with Gasteiger partial charge in [-0.1, -0.05) is 12.1 Å². The topological polar surface area (TPSA) is 97.1 Å². The van der Waals surface area contributed by atoms with Crippen LogP contribution in [-0.4, -0.2) is 43.3 Å². The SMILES string of the molecule is O=C(N/N=C\c1ccc(N2CCOCC2)cc1)c1ccc([N+](=O)[O-])cc1. The normalized spacial score (nSPS) is 14.4. The predicted molar refractivity (Wildman–Crippen MR) is 97.6 cm³/mol. The Morgan fingerprint density at radius 3 is 2.38 bits per heavy atom. The highest BCUT2D eigenvalue weighted by molar-refractivity contribution is 5.95. The van der Waals surface area contributed by atoms with Gasteiger partial charge in [0.2, 0.25) is 0 Å². The van der Waals surface area contributed by atoms with Gasteiger partial charge in [-0.3, -0.25) is 14.9 Å². The average Bonchev–Trinajstić information content (AvgIpc) is 2.69. The number of nitrogens with zero attached hydrogens (tertiary/aromatic N) is 3. The molecule has 1 heterocycles. The van der Waals surface area contributed by atoms with Crippen LogP contribution in [0.3, 0.4) is 0 Å². The third-order valence-electron chi connectivity index (χ3n) is 3.99. The largest absolute Gasteiger partial charge is 0.378 e. The van der Waals surface area contributed by atoms with Crippen LogP contribution in [0.25, 0.3) is 0 Å². The summed E-state index contributed by atoms with van der Waals surface area (Å²) in [5.74, 6) is -0.430. The molecule has 1 N–H and O–H groups in total. The molecule has 2 aromatic rings. The van der Waals surface area contributed by atoms with Crippen molar-refractivity contribution in [3.63, 3.8) is 0 Å². The first-order chi connectivity index (χ1) is 12.6. The van der Waals surface area contributed by atoms with Crippen LogP contribution in [0.15, 0.2) is 53.6 Å². The van der Waals surface area contributed by atoms with Crippen molar-refractivity contribution in [3.05, 3.63) is 69.8 Å². The fraction of sp³-hybridized carbons (Fsp3) is 0.222. The van der Waals surface area contributed by atoms with Crippen molar-refractivity contribution in [1.82, 2.24) is 5.43 Å². The summed E-state index contributed by atoms with van der Waals surface area (Å²) in [6.07, 6.45) is 1.55. The van der Waals surface area contributed by atoms with Gasteiger partial charge >= 0.3 is 0 Å². The van der Waals surface area contributed by atoms with Gasteiger partial charge in [0.05, 0.1) is 24.4 Å². The molecular formula is C18H18N4O4. The van der Waals surface area contributed by atoms with Crippen LogP contribution in [-0.2, 0) is 4.74 Å². The van der Waals surface area contributed by atoms with Crippen LogP contribution in [0.2, 0.25) is 0 Å². The van der Waals surface area contributed by atoms with E-state index in [1.54, 1.807) is 6.21 Å². The second-order valence-electron chi connectivity index (χ2n) is 5.69. The monoisotopic (exact) mass is 354 g/mol. The van der Waals surface area contributed by atoms with Gasteiger partial charge in [0.25, 0.3) is 11.6 Å². The summed E-state index contributed by atoms with van der Waals surface area (Å²) in [6, 6.07) is 13.2. The molecule has 2 aromatic carbocycles. The minimum atomic E-state index is -0.513. The number of carbonyl (C=O) groups excluding carboxylic acids is 1. The van der Waals surface area contributed by atoms with Gasteiger partial charge in [0, 0.05) is 36.5 Å². The van der Waals surface area contributed by atoms with E-state index < -0.39 is 10.8 Å². The molecule has 0 atom stereocenters. The first-order valence-electron chi connectivity index (χ1n) is 8.14. The number of anilines is 1. The number of benzene rings is 2. The molecular weight excluding hydrogens is 336 g/mol. The number of hydrazone groups is 1. The molecule has 8 nitrogen and oxygen atoms in total. The Hall–Kier alpha value is -3.26. The number of nitrogens with one attached hydrogen (secondary N) is 1. The lowest BCUT2D eigenvalue weighted by atomic mass is 10.2. The van der Waals surface area contributed by atoms with Crippen molar-refractivity contribution in [1.29, 1.82) is 0 Å². The third-order valence-corrected chi connectivity index (χ3v) is 3.99. The zero-order chi connectivity index (χ0) is 18.4. The van der Waals surface area contributed by atoms with Crippen LogP contribution in [0.1, 0.15) is 15.9 Å². The fourth-order valence-electron chi connectivity index (χ4n) is 2.56.